The van der Waals surface area contributed by atoms with Crippen LogP contribution < -0.4 is 5.32 Å². The van der Waals surface area contributed by atoms with E-state index in [2.05, 4.69) is 5.32 Å². The maximum absolute atomic E-state index is 12.7. The second-order valence-corrected chi connectivity index (χ2v) is 6.45. The fraction of sp³-hybridized carbons (Fsp3) is 0.571. The molecule has 1 aromatic rings. The zero-order valence-electron chi connectivity index (χ0n) is 12.0. The minimum atomic E-state index is -3.38. The van der Waals surface area contributed by atoms with Crippen LogP contribution in [0.1, 0.15) is 32.3 Å². The Morgan fingerprint density at radius 1 is 1.11 bits per heavy atom. The van der Waals surface area contributed by atoms with E-state index in [0.717, 1.165) is 18.4 Å². The topological polar surface area (TPSA) is 49.4 Å². The van der Waals surface area contributed by atoms with E-state index in [1.54, 1.807) is 16.4 Å². The molecule has 0 aliphatic carbocycles. The van der Waals surface area contributed by atoms with Crippen LogP contribution in [0.2, 0.25) is 0 Å². The number of rotatable bonds is 8. The van der Waals surface area contributed by atoms with Crippen molar-refractivity contribution in [1.82, 2.24) is 9.62 Å². The lowest BCUT2D eigenvalue weighted by molar-refractivity contribution is 0.409. The first-order valence-corrected chi connectivity index (χ1v) is 8.24. The van der Waals surface area contributed by atoms with Gasteiger partial charge in [-0.15, -0.1) is 0 Å². The Morgan fingerprint density at radius 2 is 1.68 bits per heavy atom. The van der Waals surface area contributed by atoms with E-state index in [-0.39, 0.29) is 0 Å². The van der Waals surface area contributed by atoms with Crippen molar-refractivity contribution < 1.29 is 8.42 Å². The Labute approximate surface area is 116 Å². The van der Waals surface area contributed by atoms with Gasteiger partial charge in [0.15, 0.2) is 0 Å². The Hall–Kier alpha value is -0.910. The molecule has 0 saturated carbocycles. The number of hydrogen-bond donors (Lipinski definition) is 1. The molecule has 1 rings (SSSR count). The molecule has 0 saturated heterocycles. The van der Waals surface area contributed by atoms with Gasteiger partial charge in [-0.05, 0) is 31.5 Å². The van der Waals surface area contributed by atoms with E-state index in [0.29, 0.717) is 24.5 Å². The van der Waals surface area contributed by atoms with Gasteiger partial charge in [0.1, 0.15) is 0 Å². The summed E-state index contributed by atoms with van der Waals surface area (Å²) in [5.74, 6) is 0. The first-order valence-electron chi connectivity index (χ1n) is 6.80. The fourth-order valence-electron chi connectivity index (χ4n) is 2.08. The predicted octanol–water partition coefficient (Wildman–Crippen LogP) is 2.22. The van der Waals surface area contributed by atoms with Crippen molar-refractivity contribution >= 4 is 10.0 Å². The number of hydrogen-bond acceptors (Lipinski definition) is 3. The molecule has 0 aromatic heterocycles. The summed E-state index contributed by atoms with van der Waals surface area (Å²) in [5, 5.41) is 3.02. The summed E-state index contributed by atoms with van der Waals surface area (Å²) in [4.78, 5) is 0.422. The SMILES string of the molecule is CCCN(CCC)S(=O)(=O)c1ccccc1CNC. The van der Waals surface area contributed by atoms with Gasteiger partial charge in [-0.2, -0.15) is 4.31 Å². The average Bonchev–Trinajstić information content (AvgIpc) is 2.39. The van der Waals surface area contributed by atoms with Crippen LogP contribution in [0.3, 0.4) is 0 Å². The summed E-state index contributed by atoms with van der Waals surface area (Å²) in [6.45, 7) is 5.70. The minimum absolute atomic E-state index is 0.422. The Balaban J connectivity index is 3.16. The van der Waals surface area contributed by atoms with Gasteiger partial charge in [0.2, 0.25) is 10.0 Å². The molecule has 0 radical (unpaired) electrons. The quantitative estimate of drug-likeness (QED) is 0.796. The van der Waals surface area contributed by atoms with Crippen molar-refractivity contribution in [2.24, 2.45) is 0 Å². The highest BCUT2D eigenvalue weighted by Crippen LogP contribution is 2.20. The van der Waals surface area contributed by atoms with Gasteiger partial charge in [-0.3, -0.25) is 0 Å². The van der Waals surface area contributed by atoms with Gasteiger partial charge >= 0.3 is 0 Å². The molecule has 108 valence electrons. The predicted molar refractivity (Wildman–Crippen MR) is 78.5 cm³/mol. The third-order valence-corrected chi connectivity index (χ3v) is 4.90. The van der Waals surface area contributed by atoms with E-state index in [1.807, 2.05) is 33.0 Å². The molecule has 4 nitrogen and oxygen atoms in total. The van der Waals surface area contributed by atoms with Crippen LogP contribution in [0, 0.1) is 0 Å². The molecule has 0 aliphatic heterocycles. The summed E-state index contributed by atoms with van der Waals surface area (Å²) >= 11 is 0. The molecule has 0 fully saturated rings. The van der Waals surface area contributed by atoms with Crippen LogP contribution in [-0.4, -0.2) is 32.9 Å². The maximum atomic E-state index is 12.7. The van der Waals surface area contributed by atoms with E-state index in [4.69, 9.17) is 0 Å². The Bertz CT molecular complexity index is 480. The van der Waals surface area contributed by atoms with Gasteiger partial charge in [0.05, 0.1) is 4.90 Å². The number of benzene rings is 1. The standard InChI is InChI=1S/C14H24N2O2S/c1-4-10-16(11-5-2)19(17,18)14-9-7-6-8-13(14)12-15-3/h6-9,15H,4-5,10-12H2,1-3H3. The molecular weight excluding hydrogens is 260 g/mol. The van der Waals surface area contributed by atoms with Crippen molar-refractivity contribution in [2.45, 2.75) is 38.1 Å². The van der Waals surface area contributed by atoms with Crippen LogP contribution in [0.4, 0.5) is 0 Å². The first kappa shape index (κ1) is 16.1. The number of nitrogens with zero attached hydrogens (tertiary/aromatic N) is 1. The summed E-state index contributed by atoms with van der Waals surface area (Å²) in [6.07, 6.45) is 1.65. The van der Waals surface area contributed by atoms with Crippen LogP contribution in [-0.2, 0) is 16.6 Å². The third-order valence-electron chi connectivity index (χ3n) is 2.90. The van der Waals surface area contributed by atoms with E-state index < -0.39 is 10.0 Å². The molecule has 1 aromatic carbocycles. The molecule has 5 heteroatoms. The van der Waals surface area contributed by atoms with Crippen molar-refractivity contribution in [2.75, 3.05) is 20.1 Å². The monoisotopic (exact) mass is 284 g/mol. The lowest BCUT2D eigenvalue weighted by Crippen LogP contribution is -2.33. The summed E-state index contributed by atoms with van der Waals surface area (Å²) < 4.78 is 27.0. The van der Waals surface area contributed by atoms with Crippen LogP contribution >= 0.6 is 0 Å². The molecule has 0 aliphatic rings. The lowest BCUT2D eigenvalue weighted by Gasteiger charge is -2.22. The lowest BCUT2D eigenvalue weighted by atomic mass is 10.2. The average molecular weight is 284 g/mol. The smallest absolute Gasteiger partial charge is 0.243 e. The van der Waals surface area contributed by atoms with Crippen molar-refractivity contribution in [1.29, 1.82) is 0 Å². The highest BCUT2D eigenvalue weighted by molar-refractivity contribution is 7.89. The normalized spacial score (nSPS) is 12.0. The second-order valence-electron chi connectivity index (χ2n) is 4.54. The molecule has 0 heterocycles. The van der Waals surface area contributed by atoms with Gasteiger partial charge in [0.25, 0.3) is 0 Å². The highest BCUT2D eigenvalue weighted by Gasteiger charge is 2.25. The van der Waals surface area contributed by atoms with Gasteiger partial charge in [-0.1, -0.05) is 32.0 Å². The van der Waals surface area contributed by atoms with Gasteiger partial charge in [-0.25, -0.2) is 8.42 Å². The van der Waals surface area contributed by atoms with E-state index in [1.165, 1.54) is 0 Å². The van der Waals surface area contributed by atoms with E-state index >= 15 is 0 Å². The zero-order chi connectivity index (χ0) is 14.3. The second kappa shape index (κ2) is 7.62. The summed E-state index contributed by atoms with van der Waals surface area (Å²) in [5.41, 5.74) is 0.821. The fourth-order valence-corrected chi connectivity index (χ4v) is 3.93. The number of nitrogens with one attached hydrogen (secondary N) is 1. The molecule has 0 unspecified atom stereocenters. The molecular formula is C14H24N2O2S. The van der Waals surface area contributed by atoms with Crippen LogP contribution in [0.25, 0.3) is 0 Å². The molecule has 19 heavy (non-hydrogen) atoms. The molecule has 0 amide bonds. The van der Waals surface area contributed by atoms with Crippen molar-refractivity contribution in [3.63, 3.8) is 0 Å². The summed E-state index contributed by atoms with van der Waals surface area (Å²) in [7, 11) is -1.57. The van der Waals surface area contributed by atoms with Gasteiger partial charge in [0, 0.05) is 19.6 Å². The Morgan fingerprint density at radius 3 is 2.21 bits per heavy atom. The minimum Gasteiger partial charge on any atom is -0.316 e. The van der Waals surface area contributed by atoms with Gasteiger partial charge < -0.3 is 5.32 Å². The van der Waals surface area contributed by atoms with Crippen molar-refractivity contribution in [3.8, 4) is 0 Å². The van der Waals surface area contributed by atoms with Crippen molar-refractivity contribution in [3.05, 3.63) is 29.8 Å². The number of sulfonamides is 1. The molecule has 1 N–H and O–H groups in total. The molecule has 0 bridgehead atoms. The van der Waals surface area contributed by atoms with Crippen LogP contribution in [0.5, 0.6) is 0 Å². The van der Waals surface area contributed by atoms with Crippen LogP contribution in [0.15, 0.2) is 29.2 Å². The highest BCUT2D eigenvalue weighted by atomic mass is 32.2. The molecule has 0 atom stereocenters. The summed E-state index contributed by atoms with van der Waals surface area (Å²) in [6, 6.07) is 7.21. The third kappa shape index (κ3) is 4.03. The van der Waals surface area contributed by atoms with E-state index in [9.17, 15) is 8.42 Å². The molecule has 0 spiro atoms. The maximum Gasteiger partial charge on any atom is 0.243 e. The zero-order valence-corrected chi connectivity index (χ0v) is 12.8. The Kier molecular flexibility index (Phi) is 6.48. The largest absolute Gasteiger partial charge is 0.316 e. The first-order chi connectivity index (χ1) is 9.07.